The van der Waals surface area contributed by atoms with Crippen molar-refractivity contribution >= 4 is 40.8 Å². The van der Waals surface area contributed by atoms with E-state index < -0.39 is 0 Å². The van der Waals surface area contributed by atoms with Crippen LogP contribution in [0.1, 0.15) is 0 Å². The molecule has 0 saturated carbocycles. The number of benzene rings is 1. The first-order valence-electron chi connectivity index (χ1n) is 5.15. The average molecular weight is 317 g/mol. The highest BCUT2D eigenvalue weighted by molar-refractivity contribution is 7.98. The van der Waals surface area contributed by atoms with Crippen molar-refractivity contribution in [2.45, 2.75) is 5.16 Å². The zero-order chi connectivity index (χ0) is 13.8. The lowest BCUT2D eigenvalue weighted by Crippen LogP contribution is -2.09. The summed E-state index contributed by atoms with van der Waals surface area (Å²) < 4.78 is 5.60. The number of ether oxygens (including phenoxy) is 1. The molecule has 0 fully saturated rings. The fraction of sp³-hybridized carbons (Fsp3) is 0.0909. The van der Waals surface area contributed by atoms with Gasteiger partial charge in [0.1, 0.15) is 11.6 Å². The molecule has 0 saturated heterocycles. The number of halogens is 2. The predicted molar refractivity (Wildman–Crippen MR) is 78.2 cm³/mol. The van der Waals surface area contributed by atoms with E-state index in [4.69, 9.17) is 33.8 Å². The number of thioether (sulfide) groups is 1. The molecule has 2 rings (SSSR count). The predicted octanol–water partition coefficient (Wildman–Crippen LogP) is 3.58. The molecule has 1 heterocycles. The molecular weight excluding hydrogens is 307 g/mol. The molecule has 0 unspecified atom stereocenters. The third kappa shape index (κ3) is 3.63. The van der Waals surface area contributed by atoms with Gasteiger partial charge >= 0.3 is 0 Å². The first kappa shape index (κ1) is 14.2. The lowest BCUT2D eigenvalue weighted by atomic mass is 10.3. The zero-order valence-corrected chi connectivity index (χ0v) is 12.2. The van der Waals surface area contributed by atoms with E-state index in [0.29, 0.717) is 32.6 Å². The number of hydrazine groups is 1. The molecule has 3 N–H and O–H groups in total. The largest absolute Gasteiger partial charge is 0.439 e. The number of nitrogen functional groups attached to an aromatic ring is 1. The first-order valence-corrected chi connectivity index (χ1v) is 7.13. The van der Waals surface area contributed by atoms with E-state index in [1.165, 1.54) is 11.8 Å². The Bertz CT molecular complexity index is 575. The van der Waals surface area contributed by atoms with Crippen LogP contribution in [0.15, 0.2) is 29.4 Å². The van der Waals surface area contributed by atoms with Gasteiger partial charge in [-0.15, -0.1) is 0 Å². The van der Waals surface area contributed by atoms with Crippen LogP contribution in [0, 0.1) is 0 Å². The monoisotopic (exact) mass is 316 g/mol. The van der Waals surface area contributed by atoms with Gasteiger partial charge in [-0.25, -0.2) is 10.8 Å². The van der Waals surface area contributed by atoms with Crippen molar-refractivity contribution in [1.29, 1.82) is 0 Å². The molecule has 5 nitrogen and oxygen atoms in total. The summed E-state index contributed by atoms with van der Waals surface area (Å²) in [5, 5.41) is 1.42. The van der Waals surface area contributed by atoms with Crippen molar-refractivity contribution in [3.8, 4) is 11.6 Å². The lowest BCUT2D eigenvalue weighted by Gasteiger charge is -2.08. The molecule has 0 bridgehead atoms. The van der Waals surface area contributed by atoms with E-state index in [1.54, 1.807) is 24.3 Å². The summed E-state index contributed by atoms with van der Waals surface area (Å²) in [5.74, 6) is 6.70. The van der Waals surface area contributed by atoms with Gasteiger partial charge in [0.05, 0.1) is 10.0 Å². The van der Waals surface area contributed by atoms with Gasteiger partial charge < -0.3 is 10.2 Å². The number of rotatable bonds is 4. The Morgan fingerprint density at radius 2 is 2.00 bits per heavy atom. The topological polar surface area (TPSA) is 73.1 Å². The maximum atomic E-state index is 5.92. The molecule has 0 atom stereocenters. The Morgan fingerprint density at radius 1 is 1.21 bits per heavy atom. The second-order valence-electron chi connectivity index (χ2n) is 3.40. The summed E-state index contributed by atoms with van der Waals surface area (Å²) in [7, 11) is 0. The number of hydrogen-bond donors (Lipinski definition) is 2. The van der Waals surface area contributed by atoms with E-state index in [-0.39, 0.29) is 0 Å². The molecule has 19 heavy (non-hydrogen) atoms. The highest BCUT2D eigenvalue weighted by Gasteiger charge is 2.07. The fourth-order valence-electron chi connectivity index (χ4n) is 1.28. The maximum Gasteiger partial charge on any atom is 0.225 e. The Balaban J connectivity index is 2.29. The Morgan fingerprint density at radius 3 is 2.63 bits per heavy atom. The number of nitrogens with two attached hydrogens (primary N) is 1. The van der Waals surface area contributed by atoms with Crippen LogP contribution in [0.4, 0.5) is 5.82 Å². The molecule has 100 valence electrons. The van der Waals surface area contributed by atoms with E-state index >= 15 is 0 Å². The van der Waals surface area contributed by atoms with Crippen LogP contribution in [0.25, 0.3) is 0 Å². The molecule has 0 spiro atoms. The third-order valence-electron chi connectivity index (χ3n) is 2.13. The standard InChI is InChI=1S/C11H10Cl2N4OS/c1-19-11-15-9(17-14)5-10(16-11)18-6-2-3-7(12)8(13)4-6/h2-5H,14H2,1H3,(H,15,16,17). The van der Waals surface area contributed by atoms with Gasteiger partial charge in [-0.1, -0.05) is 35.0 Å². The summed E-state index contributed by atoms with van der Waals surface area (Å²) >= 11 is 13.1. The molecule has 2 aromatic rings. The number of nitrogens with one attached hydrogen (secondary N) is 1. The molecule has 8 heteroatoms. The molecule has 1 aromatic carbocycles. The third-order valence-corrected chi connectivity index (χ3v) is 3.41. The molecule has 0 aliphatic heterocycles. The van der Waals surface area contributed by atoms with Crippen molar-refractivity contribution < 1.29 is 4.74 Å². The van der Waals surface area contributed by atoms with Crippen molar-refractivity contribution in [3.05, 3.63) is 34.3 Å². The van der Waals surface area contributed by atoms with Crippen LogP contribution < -0.4 is 16.0 Å². The normalized spacial score (nSPS) is 10.3. The molecule has 0 aliphatic carbocycles. The number of anilines is 1. The van der Waals surface area contributed by atoms with Crippen LogP contribution in [-0.4, -0.2) is 16.2 Å². The smallest absolute Gasteiger partial charge is 0.225 e. The lowest BCUT2D eigenvalue weighted by molar-refractivity contribution is 0.456. The number of hydrogen-bond acceptors (Lipinski definition) is 6. The summed E-state index contributed by atoms with van der Waals surface area (Å²) in [5.41, 5.74) is 2.46. The number of nitrogens with zero attached hydrogens (tertiary/aromatic N) is 2. The van der Waals surface area contributed by atoms with Crippen LogP contribution in [0.3, 0.4) is 0 Å². The van der Waals surface area contributed by atoms with Gasteiger partial charge in [0.2, 0.25) is 5.88 Å². The Labute approximate surface area is 124 Å². The summed E-state index contributed by atoms with van der Waals surface area (Å²) in [6, 6.07) is 6.55. The highest BCUT2D eigenvalue weighted by atomic mass is 35.5. The van der Waals surface area contributed by atoms with Crippen LogP contribution in [-0.2, 0) is 0 Å². The van der Waals surface area contributed by atoms with Gasteiger partial charge in [-0.05, 0) is 18.4 Å². The minimum absolute atomic E-state index is 0.366. The minimum atomic E-state index is 0.366. The van der Waals surface area contributed by atoms with Gasteiger partial charge in [0.25, 0.3) is 0 Å². The Hall–Kier alpha value is -1.21. The minimum Gasteiger partial charge on any atom is -0.439 e. The number of aromatic nitrogens is 2. The average Bonchev–Trinajstić information content (AvgIpc) is 2.42. The fourth-order valence-corrected chi connectivity index (χ4v) is 1.94. The van der Waals surface area contributed by atoms with Crippen molar-refractivity contribution in [3.63, 3.8) is 0 Å². The maximum absolute atomic E-state index is 5.92. The van der Waals surface area contributed by atoms with Gasteiger partial charge in [-0.3, -0.25) is 0 Å². The molecule has 0 aliphatic rings. The Kier molecular flexibility index (Phi) is 4.71. The molecule has 0 radical (unpaired) electrons. The van der Waals surface area contributed by atoms with Crippen molar-refractivity contribution in [2.24, 2.45) is 5.84 Å². The SMILES string of the molecule is CSc1nc(NN)cc(Oc2ccc(Cl)c(Cl)c2)n1. The molecular formula is C11H10Cl2N4OS. The van der Waals surface area contributed by atoms with E-state index in [2.05, 4.69) is 15.4 Å². The summed E-state index contributed by atoms with van der Waals surface area (Å²) in [4.78, 5) is 8.34. The van der Waals surface area contributed by atoms with Crippen LogP contribution in [0.5, 0.6) is 11.6 Å². The van der Waals surface area contributed by atoms with E-state index in [0.717, 1.165) is 0 Å². The molecule has 1 aromatic heterocycles. The van der Waals surface area contributed by atoms with Crippen LogP contribution in [0.2, 0.25) is 10.0 Å². The van der Waals surface area contributed by atoms with Gasteiger partial charge in [-0.2, -0.15) is 4.98 Å². The van der Waals surface area contributed by atoms with Gasteiger partial charge in [0.15, 0.2) is 5.16 Å². The second kappa shape index (κ2) is 6.29. The summed E-state index contributed by atoms with van der Waals surface area (Å²) in [6.07, 6.45) is 1.86. The zero-order valence-electron chi connectivity index (χ0n) is 9.85. The quantitative estimate of drug-likeness (QED) is 0.389. The van der Waals surface area contributed by atoms with Crippen molar-refractivity contribution in [2.75, 3.05) is 11.7 Å². The van der Waals surface area contributed by atoms with E-state index in [1.807, 2.05) is 6.26 Å². The van der Waals surface area contributed by atoms with Crippen LogP contribution >= 0.6 is 35.0 Å². The van der Waals surface area contributed by atoms with Crippen molar-refractivity contribution in [1.82, 2.24) is 9.97 Å². The highest BCUT2D eigenvalue weighted by Crippen LogP contribution is 2.29. The van der Waals surface area contributed by atoms with Gasteiger partial charge in [0, 0.05) is 12.1 Å². The van der Waals surface area contributed by atoms with E-state index in [9.17, 15) is 0 Å². The first-order chi connectivity index (χ1) is 9.12. The molecule has 0 amide bonds. The summed E-state index contributed by atoms with van der Waals surface area (Å²) in [6.45, 7) is 0. The second-order valence-corrected chi connectivity index (χ2v) is 4.99.